The number of carbonyl (C=O) groups excluding carboxylic acids is 1. The van der Waals surface area contributed by atoms with Crippen molar-refractivity contribution in [2.75, 3.05) is 6.54 Å². The Hall–Kier alpha value is -0.610. The Morgan fingerprint density at radius 2 is 2.00 bits per heavy atom. The first-order valence-corrected chi connectivity index (χ1v) is 3.13. The van der Waals surface area contributed by atoms with Crippen molar-refractivity contribution in [1.29, 1.82) is 0 Å². The maximum Gasteiger partial charge on any atom is 0.257 e. The lowest BCUT2D eigenvalue weighted by Crippen LogP contribution is -2.42. The molecule has 0 bridgehead atoms. The van der Waals surface area contributed by atoms with E-state index in [4.69, 9.17) is 5.21 Å². The summed E-state index contributed by atoms with van der Waals surface area (Å²) in [5.41, 5.74) is 1.45. The van der Waals surface area contributed by atoms with Crippen LogP contribution in [0.1, 0.15) is 20.8 Å². The Labute approximate surface area is 60.6 Å². The maximum absolute atomic E-state index is 10.4. The molecule has 0 aromatic carbocycles. The summed E-state index contributed by atoms with van der Waals surface area (Å²) in [6.45, 7) is 5.97. The van der Waals surface area contributed by atoms with Crippen molar-refractivity contribution in [2.24, 2.45) is 0 Å². The van der Waals surface area contributed by atoms with Crippen LogP contribution < -0.4 is 10.8 Å². The van der Waals surface area contributed by atoms with Crippen LogP contribution in [0.2, 0.25) is 0 Å². The van der Waals surface area contributed by atoms with Crippen molar-refractivity contribution in [3.63, 3.8) is 0 Å². The van der Waals surface area contributed by atoms with E-state index in [9.17, 15) is 4.79 Å². The zero-order valence-corrected chi connectivity index (χ0v) is 6.56. The Balaban J connectivity index is 3.46. The molecular formula is C6H14N2O2. The van der Waals surface area contributed by atoms with E-state index in [1.807, 2.05) is 20.8 Å². The topological polar surface area (TPSA) is 61.4 Å². The molecule has 0 spiro atoms. The minimum absolute atomic E-state index is 0.0908. The summed E-state index contributed by atoms with van der Waals surface area (Å²) in [6, 6.07) is 0. The summed E-state index contributed by atoms with van der Waals surface area (Å²) in [7, 11) is 0. The van der Waals surface area contributed by atoms with Crippen molar-refractivity contribution in [1.82, 2.24) is 10.8 Å². The fraction of sp³-hybridized carbons (Fsp3) is 0.833. The molecule has 60 valence electrons. The third-order valence-corrected chi connectivity index (χ3v) is 0.904. The predicted octanol–water partition coefficient (Wildman–Crippen LogP) is -0.120. The van der Waals surface area contributed by atoms with Crippen LogP contribution in [0.25, 0.3) is 0 Å². The monoisotopic (exact) mass is 146 g/mol. The SMILES string of the molecule is CC(C)(C)NCC(=O)NO. The third kappa shape index (κ3) is 5.53. The minimum atomic E-state index is -0.421. The maximum atomic E-state index is 10.4. The van der Waals surface area contributed by atoms with Gasteiger partial charge in [-0.1, -0.05) is 0 Å². The molecule has 0 aliphatic heterocycles. The number of hydrogen-bond acceptors (Lipinski definition) is 3. The second kappa shape index (κ2) is 3.53. The van der Waals surface area contributed by atoms with Crippen molar-refractivity contribution in [3.05, 3.63) is 0 Å². The molecule has 3 N–H and O–H groups in total. The number of hydroxylamine groups is 1. The van der Waals surface area contributed by atoms with Gasteiger partial charge in [0.15, 0.2) is 0 Å². The van der Waals surface area contributed by atoms with E-state index in [0.717, 1.165) is 0 Å². The highest BCUT2D eigenvalue weighted by Crippen LogP contribution is 1.96. The Kier molecular flexibility index (Phi) is 3.32. The van der Waals surface area contributed by atoms with Gasteiger partial charge < -0.3 is 5.32 Å². The van der Waals surface area contributed by atoms with E-state index in [-0.39, 0.29) is 12.1 Å². The summed E-state index contributed by atoms with van der Waals surface area (Å²) in [5, 5.41) is 11.0. The highest BCUT2D eigenvalue weighted by atomic mass is 16.5. The average Bonchev–Trinajstić information content (AvgIpc) is 1.81. The second-order valence-corrected chi connectivity index (χ2v) is 3.14. The molecule has 0 saturated carbocycles. The number of hydrogen-bond donors (Lipinski definition) is 3. The van der Waals surface area contributed by atoms with Crippen LogP contribution in [0.4, 0.5) is 0 Å². The Morgan fingerprint density at radius 3 is 2.30 bits per heavy atom. The quantitative estimate of drug-likeness (QED) is 0.376. The summed E-state index contributed by atoms with van der Waals surface area (Å²) in [5.74, 6) is -0.421. The molecule has 0 unspecified atom stereocenters. The molecular weight excluding hydrogens is 132 g/mol. The summed E-state index contributed by atoms with van der Waals surface area (Å²) in [6.07, 6.45) is 0. The van der Waals surface area contributed by atoms with Gasteiger partial charge in [-0.3, -0.25) is 10.0 Å². The van der Waals surface area contributed by atoms with Gasteiger partial charge in [0.2, 0.25) is 0 Å². The lowest BCUT2D eigenvalue weighted by Gasteiger charge is -2.19. The zero-order valence-electron chi connectivity index (χ0n) is 6.56. The number of nitrogens with one attached hydrogen (secondary N) is 2. The molecule has 0 aromatic heterocycles. The van der Waals surface area contributed by atoms with Crippen molar-refractivity contribution in [2.45, 2.75) is 26.3 Å². The van der Waals surface area contributed by atoms with E-state index in [1.165, 1.54) is 5.48 Å². The predicted molar refractivity (Wildman–Crippen MR) is 37.7 cm³/mol. The normalized spacial score (nSPS) is 11.2. The van der Waals surface area contributed by atoms with Crippen LogP contribution in [0.3, 0.4) is 0 Å². The number of carbonyl (C=O) groups is 1. The van der Waals surface area contributed by atoms with Crippen molar-refractivity contribution in [3.8, 4) is 0 Å². The van der Waals surface area contributed by atoms with Crippen molar-refractivity contribution < 1.29 is 10.0 Å². The van der Waals surface area contributed by atoms with Gasteiger partial charge in [0.1, 0.15) is 0 Å². The van der Waals surface area contributed by atoms with Gasteiger partial charge in [0.05, 0.1) is 6.54 Å². The van der Waals surface area contributed by atoms with Gasteiger partial charge in [-0.2, -0.15) is 0 Å². The zero-order chi connectivity index (χ0) is 8.20. The van der Waals surface area contributed by atoms with Gasteiger partial charge in [-0.25, -0.2) is 5.48 Å². The van der Waals surface area contributed by atoms with Gasteiger partial charge in [0, 0.05) is 5.54 Å². The molecule has 4 heteroatoms. The van der Waals surface area contributed by atoms with Crippen LogP contribution >= 0.6 is 0 Å². The molecule has 0 aliphatic rings. The summed E-state index contributed by atoms with van der Waals surface area (Å²) in [4.78, 5) is 10.4. The summed E-state index contributed by atoms with van der Waals surface area (Å²) >= 11 is 0. The molecule has 0 heterocycles. The second-order valence-electron chi connectivity index (χ2n) is 3.14. The molecule has 0 fully saturated rings. The van der Waals surface area contributed by atoms with Crippen LogP contribution in [0.5, 0.6) is 0 Å². The molecule has 0 rings (SSSR count). The van der Waals surface area contributed by atoms with Gasteiger partial charge >= 0.3 is 0 Å². The average molecular weight is 146 g/mol. The molecule has 0 aromatic rings. The molecule has 4 nitrogen and oxygen atoms in total. The van der Waals surface area contributed by atoms with Crippen molar-refractivity contribution >= 4 is 5.91 Å². The number of amides is 1. The smallest absolute Gasteiger partial charge is 0.257 e. The van der Waals surface area contributed by atoms with Gasteiger partial charge in [-0.15, -0.1) is 0 Å². The fourth-order valence-corrected chi connectivity index (χ4v) is 0.385. The largest absolute Gasteiger partial charge is 0.304 e. The summed E-state index contributed by atoms with van der Waals surface area (Å²) < 4.78 is 0. The molecule has 0 aliphatic carbocycles. The molecule has 0 radical (unpaired) electrons. The fourth-order valence-electron chi connectivity index (χ4n) is 0.385. The molecule has 0 atom stereocenters. The van der Waals surface area contributed by atoms with Crippen LogP contribution in [-0.4, -0.2) is 23.2 Å². The highest BCUT2D eigenvalue weighted by Gasteiger charge is 2.09. The lowest BCUT2D eigenvalue weighted by atomic mass is 10.1. The van der Waals surface area contributed by atoms with Gasteiger partial charge in [0.25, 0.3) is 5.91 Å². The molecule has 0 saturated heterocycles. The van der Waals surface area contributed by atoms with E-state index in [0.29, 0.717) is 0 Å². The van der Waals surface area contributed by atoms with Crippen LogP contribution in [-0.2, 0) is 4.79 Å². The standard InChI is InChI=1S/C6H14N2O2/c1-6(2,3)7-4-5(9)8-10/h7,10H,4H2,1-3H3,(H,8,9). The Morgan fingerprint density at radius 1 is 1.50 bits per heavy atom. The molecule has 10 heavy (non-hydrogen) atoms. The lowest BCUT2D eigenvalue weighted by molar-refractivity contribution is -0.128. The van der Waals surface area contributed by atoms with E-state index in [1.54, 1.807) is 0 Å². The highest BCUT2D eigenvalue weighted by molar-refractivity contribution is 5.76. The molecule has 1 amide bonds. The van der Waals surface area contributed by atoms with Crippen LogP contribution in [0, 0.1) is 0 Å². The van der Waals surface area contributed by atoms with Gasteiger partial charge in [-0.05, 0) is 20.8 Å². The van der Waals surface area contributed by atoms with E-state index < -0.39 is 5.91 Å². The van der Waals surface area contributed by atoms with E-state index in [2.05, 4.69) is 5.32 Å². The first-order chi connectivity index (χ1) is 4.45. The minimum Gasteiger partial charge on any atom is -0.304 e. The third-order valence-electron chi connectivity index (χ3n) is 0.904. The van der Waals surface area contributed by atoms with E-state index >= 15 is 0 Å². The van der Waals surface area contributed by atoms with Crippen LogP contribution in [0.15, 0.2) is 0 Å². The Bertz CT molecular complexity index is 117. The number of rotatable bonds is 2. The first kappa shape index (κ1) is 9.39. The first-order valence-electron chi connectivity index (χ1n) is 3.13.